The second-order valence-corrected chi connectivity index (χ2v) is 7.51. The lowest BCUT2D eigenvalue weighted by Crippen LogP contribution is -2.11. The summed E-state index contributed by atoms with van der Waals surface area (Å²) in [6, 6.07) is 20.5. The Morgan fingerprint density at radius 3 is 1.55 bits per heavy atom. The van der Waals surface area contributed by atoms with E-state index in [0.717, 1.165) is 40.3 Å². The third-order valence-corrected chi connectivity index (χ3v) is 5.24. The molecule has 2 aromatic heterocycles. The van der Waals surface area contributed by atoms with Gasteiger partial charge in [-0.15, -0.1) is 10.2 Å². The molecular formula is C23H24N6O2. The standard InChI is InChI=1S/C23H24N6O2/c1-3-8-18(9-4-1)14-28-22-20(24-26-28)16-30-12-7-13-31-17-21-23(22)29(27-25-21)15-19-10-5-2-6-11-19/h1-6,8-11H,7,12-17H2. The van der Waals surface area contributed by atoms with Crippen LogP contribution in [0.2, 0.25) is 0 Å². The average Bonchev–Trinajstić information content (AvgIpc) is 3.36. The summed E-state index contributed by atoms with van der Waals surface area (Å²) in [5.41, 5.74) is 5.62. The van der Waals surface area contributed by atoms with Gasteiger partial charge in [0.15, 0.2) is 0 Å². The molecule has 158 valence electrons. The van der Waals surface area contributed by atoms with Gasteiger partial charge in [-0.3, -0.25) is 0 Å². The molecule has 4 aromatic rings. The molecule has 1 aliphatic heterocycles. The molecule has 8 heteroatoms. The summed E-state index contributed by atoms with van der Waals surface area (Å²) in [5.74, 6) is 0. The van der Waals surface area contributed by atoms with Crippen molar-refractivity contribution in [3.8, 4) is 11.4 Å². The lowest BCUT2D eigenvalue weighted by Gasteiger charge is -2.12. The molecule has 0 aliphatic carbocycles. The van der Waals surface area contributed by atoms with Crippen molar-refractivity contribution in [1.82, 2.24) is 30.0 Å². The van der Waals surface area contributed by atoms with Crippen LogP contribution >= 0.6 is 0 Å². The van der Waals surface area contributed by atoms with E-state index in [2.05, 4.69) is 44.9 Å². The van der Waals surface area contributed by atoms with Crippen molar-refractivity contribution in [1.29, 1.82) is 0 Å². The third-order valence-electron chi connectivity index (χ3n) is 5.24. The molecule has 1 aliphatic rings. The van der Waals surface area contributed by atoms with Crippen LogP contribution in [0.3, 0.4) is 0 Å². The van der Waals surface area contributed by atoms with Crippen molar-refractivity contribution >= 4 is 0 Å². The first-order chi connectivity index (χ1) is 15.4. The lowest BCUT2D eigenvalue weighted by atomic mass is 10.1. The fourth-order valence-electron chi connectivity index (χ4n) is 3.75. The Kier molecular flexibility index (Phi) is 5.81. The van der Waals surface area contributed by atoms with Gasteiger partial charge in [-0.25, -0.2) is 9.36 Å². The molecule has 3 heterocycles. The molecule has 0 bridgehead atoms. The molecule has 0 saturated heterocycles. The van der Waals surface area contributed by atoms with Crippen molar-refractivity contribution in [2.24, 2.45) is 0 Å². The number of nitrogens with zero attached hydrogens (tertiary/aromatic N) is 6. The van der Waals surface area contributed by atoms with Crippen LogP contribution in [-0.2, 0) is 35.8 Å². The minimum atomic E-state index is 0.389. The summed E-state index contributed by atoms with van der Waals surface area (Å²) in [7, 11) is 0. The van der Waals surface area contributed by atoms with Gasteiger partial charge in [0.2, 0.25) is 0 Å². The van der Waals surface area contributed by atoms with E-state index in [-0.39, 0.29) is 0 Å². The molecule has 0 fully saturated rings. The van der Waals surface area contributed by atoms with Crippen molar-refractivity contribution < 1.29 is 9.47 Å². The van der Waals surface area contributed by atoms with Gasteiger partial charge >= 0.3 is 0 Å². The van der Waals surface area contributed by atoms with E-state index in [4.69, 9.17) is 9.47 Å². The van der Waals surface area contributed by atoms with Crippen LogP contribution in [0, 0.1) is 0 Å². The molecule has 0 spiro atoms. The largest absolute Gasteiger partial charge is 0.375 e. The quantitative estimate of drug-likeness (QED) is 0.509. The molecule has 0 unspecified atom stereocenters. The Labute approximate surface area is 180 Å². The fourth-order valence-corrected chi connectivity index (χ4v) is 3.75. The highest BCUT2D eigenvalue weighted by Gasteiger charge is 2.25. The maximum absolute atomic E-state index is 5.86. The van der Waals surface area contributed by atoms with Crippen molar-refractivity contribution in [3.05, 3.63) is 83.2 Å². The van der Waals surface area contributed by atoms with Gasteiger partial charge in [-0.2, -0.15) is 0 Å². The monoisotopic (exact) mass is 416 g/mol. The van der Waals surface area contributed by atoms with Crippen molar-refractivity contribution in [3.63, 3.8) is 0 Å². The van der Waals surface area contributed by atoms with Crippen LogP contribution in [0.25, 0.3) is 11.4 Å². The Morgan fingerprint density at radius 1 is 0.645 bits per heavy atom. The molecule has 8 nitrogen and oxygen atoms in total. The Hall–Kier alpha value is -3.36. The highest BCUT2D eigenvalue weighted by atomic mass is 16.5. The Morgan fingerprint density at radius 2 is 1.10 bits per heavy atom. The van der Waals surface area contributed by atoms with Crippen molar-refractivity contribution in [2.75, 3.05) is 13.2 Å². The molecule has 2 aromatic carbocycles. The maximum atomic E-state index is 5.86. The number of benzene rings is 2. The highest BCUT2D eigenvalue weighted by molar-refractivity contribution is 5.60. The second-order valence-electron chi connectivity index (χ2n) is 7.51. The molecule has 0 N–H and O–H groups in total. The van der Waals surface area contributed by atoms with Gasteiger partial charge in [0.05, 0.1) is 26.3 Å². The summed E-state index contributed by atoms with van der Waals surface area (Å²) in [4.78, 5) is 0. The fraction of sp³-hybridized carbons (Fsp3) is 0.304. The zero-order chi connectivity index (χ0) is 20.9. The SMILES string of the molecule is c1ccc(Cn2nnc3c2-c2c(nnn2Cc2ccccc2)COCCCOC3)cc1. The molecule has 0 atom stereocenters. The normalized spacial score (nSPS) is 14.5. The van der Waals surface area contributed by atoms with Gasteiger partial charge in [-0.05, 0) is 17.5 Å². The predicted molar refractivity (Wildman–Crippen MR) is 114 cm³/mol. The first-order valence-corrected chi connectivity index (χ1v) is 10.5. The summed E-state index contributed by atoms with van der Waals surface area (Å²) < 4.78 is 15.5. The van der Waals surface area contributed by atoms with E-state index >= 15 is 0 Å². The van der Waals surface area contributed by atoms with Crippen LogP contribution in [-0.4, -0.2) is 43.2 Å². The van der Waals surface area contributed by atoms with Gasteiger partial charge in [0.25, 0.3) is 0 Å². The highest BCUT2D eigenvalue weighted by Crippen LogP contribution is 2.28. The van der Waals surface area contributed by atoms with E-state index in [9.17, 15) is 0 Å². The molecular weight excluding hydrogens is 392 g/mol. The van der Waals surface area contributed by atoms with E-state index in [1.165, 1.54) is 0 Å². The summed E-state index contributed by atoms with van der Waals surface area (Å²) in [6.07, 6.45) is 0.820. The van der Waals surface area contributed by atoms with Crippen LogP contribution in [0.4, 0.5) is 0 Å². The van der Waals surface area contributed by atoms with E-state index in [1.807, 2.05) is 45.8 Å². The molecule has 0 amide bonds. The van der Waals surface area contributed by atoms with Gasteiger partial charge in [0.1, 0.15) is 22.8 Å². The van der Waals surface area contributed by atoms with E-state index in [1.54, 1.807) is 0 Å². The Balaban J connectivity index is 1.61. The summed E-state index contributed by atoms with van der Waals surface area (Å²) in [6.45, 7) is 3.20. The van der Waals surface area contributed by atoms with Crippen LogP contribution < -0.4 is 0 Å². The van der Waals surface area contributed by atoms with Crippen LogP contribution in [0.5, 0.6) is 0 Å². The zero-order valence-corrected chi connectivity index (χ0v) is 17.2. The minimum Gasteiger partial charge on any atom is -0.375 e. The number of hydrogen-bond donors (Lipinski definition) is 0. The third kappa shape index (κ3) is 4.40. The second kappa shape index (κ2) is 9.20. The molecule has 31 heavy (non-hydrogen) atoms. The molecule has 0 saturated carbocycles. The molecule has 0 radical (unpaired) electrons. The summed E-state index contributed by atoms with van der Waals surface area (Å²) >= 11 is 0. The topological polar surface area (TPSA) is 79.9 Å². The maximum Gasteiger partial charge on any atom is 0.118 e. The first kappa shape index (κ1) is 19.6. The number of rotatable bonds is 4. The first-order valence-electron chi connectivity index (χ1n) is 10.5. The van der Waals surface area contributed by atoms with Gasteiger partial charge in [-0.1, -0.05) is 71.1 Å². The molecule has 5 rings (SSSR count). The number of hydrogen-bond acceptors (Lipinski definition) is 6. The van der Waals surface area contributed by atoms with E-state index in [0.29, 0.717) is 39.5 Å². The predicted octanol–water partition coefficient (Wildman–Crippen LogP) is 3.07. The van der Waals surface area contributed by atoms with Crippen molar-refractivity contribution in [2.45, 2.75) is 32.7 Å². The average molecular weight is 416 g/mol. The number of fused-ring (bicyclic) bond motifs is 3. The van der Waals surface area contributed by atoms with Gasteiger partial charge < -0.3 is 9.47 Å². The zero-order valence-electron chi connectivity index (χ0n) is 17.2. The number of ether oxygens (including phenoxy) is 2. The lowest BCUT2D eigenvalue weighted by molar-refractivity contribution is 0.0685. The smallest absolute Gasteiger partial charge is 0.118 e. The van der Waals surface area contributed by atoms with Crippen LogP contribution in [0.15, 0.2) is 60.7 Å². The minimum absolute atomic E-state index is 0.389. The van der Waals surface area contributed by atoms with Gasteiger partial charge in [0, 0.05) is 13.2 Å². The van der Waals surface area contributed by atoms with E-state index < -0.39 is 0 Å². The Bertz CT molecular complexity index is 1030. The van der Waals surface area contributed by atoms with Crippen LogP contribution in [0.1, 0.15) is 28.9 Å². The number of aromatic nitrogens is 6. The summed E-state index contributed by atoms with van der Waals surface area (Å²) in [5, 5.41) is 17.9.